The van der Waals surface area contributed by atoms with Crippen molar-refractivity contribution in [3.8, 4) is 0 Å². The van der Waals surface area contributed by atoms with Crippen LogP contribution in [-0.4, -0.2) is 5.97 Å². The Hall–Kier alpha value is -1.22. The van der Waals surface area contributed by atoms with Gasteiger partial charge in [-0.05, 0) is 12.5 Å². The molecule has 0 atom stereocenters. The smallest absolute Gasteiger partial charge is 0.333 e. The van der Waals surface area contributed by atoms with Crippen LogP contribution in [0.15, 0.2) is 42.5 Å². The number of hydrogen-bond donors (Lipinski definition) is 0. The summed E-state index contributed by atoms with van der Waals surface area (Å²) < 4.78 is 4.95. The number of rotatable bonds is 3. The fraction of sp³-hybridized carbons (Fsp3) is 0.182. The first kappa shape index (κ1) is 12.8. The van der Waals surface area contributed by atoms with E-state index in [4.69, 9.17) is 4.74 Å². The van der Waals surface area contributed by atoms with Crippen LogP contribution in [0.1, 0.15) is 12.5 Å². The van der Waals surface area contributed by atoms with E-state index in [0.29, 0.717) is 12.2 Å². The highest BCUT2D eigenvalue weighted by molar-refractivity contribution is 7.59. The monoisotopic (exact) mass is 208 g/mol. The van der Waals surface area contributed by atoms with Crippen molar-refractivity contribution >= 4 is 19.5 Å². The van der Waals surface area contributed by atoms with Gasteiger partial charge in [0.05, 0.1) is 0 Å². The van der Waals surface area contributed by atoms with Gasteiger partial charge in [-0.3, -0.25) is 0 Å². The number of carbonyl (C=O) groups excluding carboxylic acids is 1. The van der Waals surface area contributed by atoms with Crippen molar-refractivity contribution in [2.24, 2.45) is 0 Å². The lowest BCUT2D eigenvalue weighted by molar-refractivity contribution is -0.140. The van der Waals surface area contributed by atoms with Crippen molar-refractivity contribution < 1.29 is 9.53 Å². The quantitative estimate of drug-likeness (QED) is 0.564. The Kier molecular flexibility index (Phi) is 5.72. The second kappa shape index (κ2) is 6.27. The van der Waals surface area contributed by atoms with Crippen molar-refractivity contribution in [2.45, 2.75) is 13.5 Å². The minimum Gasteiger partial charge on any atom is -0.457 e. The zero-order valence-corrected chi connectivity index (χ0v) is 8.84. The Balaban J connectivity index is 0.00000169. The van der Waals surface area contributed by atoms with Gasteiger partial charge in [0, 0.05) is 19.1 Å². The molecule has 3 heteroatoms. The largest absolute Gasteiger partial charge is 0.457 e. The van der Waals surface area contributed by atoms with E-state index in [1.165, 1.54) is 0 Å². The summed E-state index contributed by atoms with van der Waals surface area (Å²) in [5.41, 5.74) is 1.41. The third-order valence-electron chi connectivity index (χ3n) is 1.56. The van der Waals surface area contributed by atoms with E-state index >= 15 is 0 Å². The van der Waals surface area contributed by atoms with Crippen molar-refractivity contribution in [1.29, 1.82) is 0 Å². The summed E-state index contributed by atoms with van der Waals surface area (Å²) in [5, 5.41) is 0. The van der Waals surface area contributed by atoms with E-state index in [1.54, 1.807) is 6.92 Å². The number of ether oxygens (including phenoxy) is 1. The van der Waals surface area contributed by atoms with Gasteiger partial charge in [-0.2, -0.15) is 0 Å². The first-order valence-corrected chi connectivity index (χ1v) is 4.06. The second-order valence-electron chi connectivity index (χ2n) is 2.84. The summed E-state index contributed by atoms with van der Waals surface area (Å²) in [6.45, 7) is 5.44. The lowest BCUT2D eigenvalue weighted by Gasteiger charge is -2.03. The zero-order chi connectivity index (χ0) is 9.68. The fourth-order valence-electron chi connectivity index (χ4n) is 0.846. The minimum absolute atomic E-state index is 0. The molecule has 0 fully saturated rings. The lowest BCUT2D eigenvalue weighted by Crippen LogP contribution is -2.04. The van der Waals surface area contributed by atoms with E-state index < -0.39 is 0 Å². The van der Waals surface area contributed by atoms with Crippen molar-refractivity contribution in [3.63, 3.8) is 0 Å². The number of carbonyl (C=O) groups is 1. The summed E-state index contributed by atoms with van der Waals surface area (Å²) in [4.78, 5) is 11.0. The molecule has 0 N–H and O–H groups in total. The predicted octanol–water partition coefficient (Wildman–Crippen LogP) is 2.95. The fourth-order valence-corrected chi connectivity index (χ4v) is 0.846. The van der Waals surface area contributed by atoms with Crippen LogP contribution >= 0.6 is 13.5 Å². The molecule has 0 saturated heterocycles. The summed E-state index contributed by atoms with van der Waals surface area (Å²) >= 11 is 0. The Morgan fingerprint density at radius 1 is 1.36 bits per heavy atom. The minimum atomic E-state index is -0.344. The second-order valence-corrected chi connectivity index (χ2v) is 2.84. The molecular weight excluding hydrogens is 196 g/mol. The highest BCUT2D eigenvalue weighted by Crippen LogP contribution is 2.02. The van der Waals surface area contributed by atoms with E-state index in [0.717, 1.165) is 5.56 Å². The molecule has 0 spiro atoms. The topological polar surface area (TPSA) is 26.3 Å². The van der Waals surface area contributed by atoms with Gasteiger partial charge in [0.1, 0.15) is 6.61 Å². The van der Waals surface area contributed by atoms with E-state index in [1.807, 2.05) is 30.3 Å². The number of esters is 1. The predicted molar refractivity (Wildman–Crippen MR) is 58.6 cm³/mol. The zero-order valence-electron chi connectivity index (χ0n) is 8.03. The highest BCUT2D eigenvalue weighted by atomic mass is 32.1. The molecule has 2 nitrogen and oxygen atoms in total. The third kappa shape index (κ3) is 4.14. The standard InChI is InChI=1S/C11H12O2.S/c1-9(2)11(12)13-8-10-6-4-3-5-7-10;/h3-7H,1,8H2,2H3;. The Bertz CT molecular complexity index is 306. The van der Waals surface area contributed by atoms with Crippen LogP contribution in [0.5, 0.6) is 0 Å². The van der Waals surface area contributed by atoms with Crippen molar-refractivity contribution in [1.82, 2.24) is 0 Å². The first-order chi connectivity index (χ1) is 6.20. The van der Waals surface area contributed by atoms with Crippen LogP contribution in [0.4, 0.5) is 0 Å². The van der Waals surface area contributed by atoms with Crippen LogP contribution in [0.3, 0.4) is 0 Å². The molecule has 14 heavy (non-hydrogen) atoms. The average Bonchev–Trinajstić information content (AvgIpc) is 2.15. The summed E-state index contributed by atoms with van der Waals surface area (Å²) in [6, 6.07) is 9.55. The molecular formula is C11H12O2S. The molecule has 0 amide bonds. The Morgan fingerprint density at radius 2 is 1.93 bits per heavy atom. The maximum atomic E-state index is 11.0. The van der Waals surface area contributed by atoms with E-state index in [-0.39, 0.29) is 19.5 Å². The first-order valence-electron chi connectivity index (χ1n) is 4.06. The Labute approximate surface area is 91.0 Å². The van der Waals surface area contributed by atoms with Crippen molar-refractivity contribution in [3.05, 3.63) is 48.0 Å². The van der Waals surface area contributed by atoms with Gasteiger partial charge in [-0.1, -0.05) is 36.9 Å². The van der Waals surface area contributed by atoms with Gasteiger partial charge < -0.3 is 4.74 Å². The van der Waals surface area contributed by atoms with Gasteiger partial charge >= 0.3 is 5.97 Å². The van der Waals surface area contributed by atoms with E-state index in [2.05, 4.69) is 6.58 Å². The van der Waals surface area contributed by atoms with E-state index in [9.17, 15) is 4.79 Å². The molecule has 0 aromatic heterocycles. The van der Waals surface area contributed by atoms with Gasteiger partial charge in [0.25, 0.3) is 0 Å². The number of hydrogen-bond acceptors (Lipinski definition) is 2. The molecule has 0 aliphatic carbocycles. The molecule has 2 radical (unpaired) electrons. The molecule has 0 aliphatic heterocycles. The maximum Gasteiger partial charge on any atom is 0.333 e. The molecule has 1 rings (SSSR count). The Morgan fingerprint density at radius 3 is 2.43 bits per heavy atom. The van der Waals surface area contributed by atoms with Crippen LogP contribution in [0, 0.1) is 0 Å². The van der Waals surface area contributed by atoms with Crippen LogP contribution in [0.25, 0.3) is 0 Å². The normalized spacial score (nSPS) is 8.64. The van der Waals surface area contributed by atoms with Gasteiger partial charge in [-0.15, -0.1) is 0 Å². The molecule has 0 bridgehead atoms. The highest BCUT2D eigenvalue weighted by Gasteiger charge is 2.02. The molecule has 0 saturated carbocycles. The van der Waals surface area contributed by atoms with Crippen LogP contribution in [-0.2, 0) is 16.1 Å². The lowest BCUT2D eigenvalue weighted by atomic mass is 10.2. The van der Waals surface area contributed by atoms with Crippen molar-refractivity contribution in [2.75, 3.05) is 0 Å². The average molecular weight is 208 g/mol. The van der Waals surface area contributed by atoms with Crippen LogP contribution in [0.2, 0.25) is 0 Å². The maximum absolute atomic E-state index is 11.0. The molecule has 1 aromatic carbocycles. The van der Waals surface area contributed by atoms with Crippen LogP contribution < -0.4 is 0 Å². The molecule has 74 valence electrons. The number of benzene rings is 1. The molecule has 0 unspecified atom stereocenters. The van der Waals surface area contributed by atoms with Gasteiger partial charge in [-0.25, -0.2) is 4.79 Å². The van der Waals surface area contributed by atoms with Gasteiger partial charge in [0.2, 0.25) is 0 Å². The molecule has 0 heterocycles. The molecule has 1 aromatic rings. The van der Waals surface area contributed by atoms with Gasteiger partial charge in [0.15, 0.2) is 0 Å². The summed E-state index contributed by atoms with van der Waals surface area (Å²) in [7, 11) is 0. The third-order valence-corrected chi connectivity index (χ3v) is 1.56. The summed E-state index contributed by atoms with van der Waals surface area (Å²) in [5.74, 6) is -0.344. The SMILES string of the molecule is C=C(C)C(=O)OCc1ccccc1.[S]. The molecule has 0 aliphatic rings. The summed E-state index contributed by atoms with van der Waals surface area (Å²) in [6.07, 6.45) is 0.